The molecule has 0 unspecified atom stereocenters. The Balaban J connectivity index is 2.78. The Kier molecular flexibility index (Phi) is 1.69. The molecule has 2 N–H and O–H groups in total. The Hall–Kier alpha value is -1.58. The van der Waals surface area contributed by atoms with Gasteiger partial charge < -0.3 is 10.3 Å². The lowest BCUT2D eigenvalue weighted by molar-refractivity contribution is 0.618. The molecule has 2 aromatic rings. The third-order valence-corrected chi connectivity index (χ3v) is 2.08. The second-order valence-corrected chi connectivity index (χ2v) is 3.35. The van der Waals surface area contributed by atoms with E-state index < -0.39 is 0 Å². The minimum atomic E-state index is 0.370. The largest absolute Gasteiger partial charge is 0.397 e. The zero-order chi connectivity index (χ0) is 9.42. The van der Waals surface area contributed by atoms with Crippen LogP contribution in [0.5, 0.6) is 0 Å². The molecule has 0 aromatic carbocycles. The van der Waals surface area contributed by atoms with E-state index in [2.05, 4.69) is 23.8 Å². The van der Waals surface area contributed by atoms with Gasteiger partial charge in [0.05, 0.1) is 11.1 Å². The molecule has 68 valence electrons. The standard InChI is InChI=1S/C9H12N4/c1-6(2)13-4-8(10)7-3-11-5-12-9(7)13/h3-6H,10H2,1-2H3. The fraction of sp³-hybridized carbons (Fsp3) is 0.333. The van der Waals surface area contributed by atoms with Gasteiger partial charge in [-0.05, 0) is 13.8 Å². The molecule has 2 aromatic heterocycles. The van der Waals surface area contributed by atoms with E-state index in [0.717, 1.165) is 16.7 Å². The fourth-order valence-electron chi connectivity index (χ4n) is 1.41. The first-order valence-electron chi connectivity index (χ1n) is 4.26. The van der Waals surface area contributed by atoms with E-state index in [9.17, 15) is 0 Å². The second-order valence-electron chi connectivity index (χ2n) is 3.35. The molecule has 2 heterocycles. The number of aromatic nitrogens is 3. The number of hydrogen-bond acceptors (Lipinski definition) is 3. The van der Waals surface area contributed by atoms with E-state index in [1.807, 2.05) is 10.8 Å². The van der Waals surface area contributed by atoms with Crippen LogP contribution in [-0.4, -0.2) is 14.5 Å². The van der Waals surface area contributed by atoms with Gasteiger partial charge >= 0.3 is 0 Å². The maximum Gasteiger partial charge on any atom is 0.145 e. The monoisotopic (exact) mass is 176 g/mol. The third kappa shape index (κ3) is 1.14. The lowest BCUT2D eigenvalue weighted by Gasteiger charge is -2.06. The van der Waals surface area contributed by atoms with Gasteiger partial charge in [-0.25, -0.2) is 9.97 Å². The Labute approximate surface area is 76.4 Å². The van der Waals surface area contributed by atoms with Gasteiger partial charge in [0.25, 0.3) is 0 Å². The number of nitrogens with zero attached hydrogens (tertiary/aromatic N) is 3. The summed E-state index contributed by atoms with van der Waals surface area (Å²) in [5.41, 5.74) is 7.46. The van der Waals surface area contributed by atoms with Gasteiger partial charge in [-0.3, -0.25) is 0 Å². The molecule has 4 heteroatoms. The highest BCUT2D eigenvalue weighted by molar-refractivity contribution is 5.88. The van der Waals surface area contributed by atoms with Crippen molar-refractivity contribution in [1.29, 1.82) is 0 Å². The zero-order valence-electron chi connectivity index (χ0n) is 7.73. The van der Waals surface area contributed by atoms with Crippen LogP contribution in [0.4, 0.5) is 5.69 Å². The van der Waals surface area contributed by atoms with Gasteiger partial charge in [-0.2, -0.15) is 0 Å². The lowest BCUT2D eigenvalue weighted by atomic mass is 10.4. The quantitative estimate of drug-likeness (QED) is 0.717. The minimum Gasteiger partial charge on any atom is -0.397 e. The molecule has 0 saturated carbocycles. The molecule has 0 spiro atoms. The van der Waals surface area contributed by atoms with E-state index in [-0.39, 0.29) is 0 Å². The van der Waals surface area contributed by atoms with Crippen LogP contribution in [0, 0.1) is 0 Å². The molecule has 0 aliphatic heterocycles. The lowest BCUT2D eigenvalue weighted by Crippen LogP contribution is -1.99. The first-order valence-corrected chi connectivity index (χ1v) is 4.26. The van der Waals surface area contributed by atoms with Crippen LogP contribution < -0.4 is 5.73 Å². The highest BCUT2D eigenvalue weighted by atomic mass is 15.1. The summed E-state index contributed by atoms with van der Waals surface area (Å²) >= 11 is 0. The smallest absolute Gasteiger partial charge is 0.145 e. The molecule has 0 radical (unpaired) electrons. The maximum atomic E-state index is 5.81. The van der Waals surface area contributed by atoms with E-state index in [1.165, 1.54) is 0 Å². The number of anilines is 1. The van der Waals surface area contributed by atoms with Crippen LogP contribution in [0.15, 0.2) is 18.7 Å². The Morgan fingerprint density at radius 2 is 2.23 bits per heavy atom. The van der Waals surface area contributed by atoms with Crippen molar-refractivity contribution in [2.45, 2.75) is 19.9 Å². The molecule has 2 rings (SSSR count). The van der Waals surface area contributed by atoms with E-state index in [4.69, 9.17) is 5.73 Å². The summed E-state index contributed by atoms with van der Waals surface area (Å²) in [4.78, 5) is 8.14. The summed E-state index contributed by atoms with van der Waals surface area (Å²) in [6.07, 6.45) is 5.20. The summed E-state index contributed by atoms with van der Waals surface area (Å²) in [5.74, 6) is 0. The van der Waals surface area contributed by atoms with Crippen molar-refractivity contribution in [3.05, 3.63) is 18.7 Å². The predicted molar refractivity (Wildman–Crippen MR) is 52.3 cm³/mol. The van der Waals surface area contributed by atoms with Crippen molar-refractivity contribution < 1.29 is 0 Å². The van der Waals surface area contributed by atoms with E-state index in [1.54, 1.807) is 12.5 Å². The first kappa shape index (κ1) is 8.04. The highest BCUT2D eigenvalue weighted by Gasteiger charge is 2.08. The molecular weight excluding hydrogens is 164 g/mol. The van der Waals surface area contributed by atoms with Gasteiger partial charge in [-0.1, -0.05) is 0 Å². The Bertz CT molecular complexity index is 430. The molecule has 0 amide bonds. The predicted octanol–water partition coefficient (Wildman–Crippen LogP) is 1.59. The average molecular weight is 176 g/mol. The van der Waals surface area contributed by atoms with Gasteiger partial charge in [-0.15, -0.1) is 0 Å². The highest BCUT2D eigenvalue weighted by Crippen LogP contribution is 2.23. The fourth-order valence-corrected chi connectivity index (χ4v) is 1.41. The molecule has 13 heavy (non-hydrogen) atoms. The van der Waals surface area contributed by atoms with Gasteiger partial charge in [0, 0.05) is 18.4 Å². The van der Waals surface area contributed by atoms with Crippen molar-refractivity contribution in [2.24, 2.45) is 0 Å². The van der Waals surface area contributed by atoms with Gasteiger partial charge in [0.15, 0.2) is 0 Å². The summed E-state index contributed by atoms with van der Waals surface area (Å²) in [6.45, 7) is 4.20. The summed E-state index contributed by atoms with van der Waals surface area (Å²) in [7, 11) is 0. The van der Waals surface area contributed by atoms with Crippen LogP contribution in [0.3, 0.4) is 0 Å². The SMILES string of the molecule is CC(C)n1cc(N)c2cncnc21. The van der Waals surface area contributed by atoms with Crippen molar-refractivity contribution in [3.8, 4) is 0 Å². The zero-order valence-corrected chi connectivity index (χ0v) is 7.73. The number of fused-ring (bicyclic) bond motifs is 1. The van der Waals surface area contributed by atoms with Crippen LogP contribution in [0.2, 0.25) is 0 Å². The number of rotatable bonds is 1. The van der Waals surface area contributed by atoms with Crippen LogP contribution in [0.1, 0.15) is 19.9 Å². The van der Waals surface area contributed by atoms with Crippen LogP contribution >= 0.6 is 0 Å². The molecule has 0 bridgehead atoms. The van der Waals surface area contributed by atoms with Crippen molar-refractivity contribution >= 4 is 16.7 Å². The van der Waals surface area contributed by atoms with E-state index >= 15 is 0 Å². The summed E-state index contributed by atoms with van der Waals surface area (Å²) in [6, 6.07) is 0.370. The Morgan fingerprint density at radius 3 is 2.92 bits per heavy atom. The third-order valence-electron chi connectivity index (χ3n) is 2.08. The number of hydrogen-bond donors (Lipinski definition) is 1. The molecule has 0 aliphatic carbocycles. The summed E-state index contributed by atoms with van der Waals surface area (Å²) < 4.78 is 2.05. The normalized spacial score (nSPS) is 11.3. The first-order chi connectivity index (χ1) is 6.20. The Morgan fingerprint density at radius 1 is 1.46 bits per heavy atom. The van der Waals surface area contributed by atoms with Crippen molar-refractivity contribution in [2.75, 3.05) is 5.73 Å². The topological polar surface area (TPSA) is 56.7 Å². The second kappa shape index (κ2) is 2.73. The molecule has 0 saturated heterocycles. The van der Waals surface area contributed by atoms with Gasteiger partial charge in [0.2, 0.25) is 0 Å². The molecule has 0 aliphatic rings. The number of nitrogens with two attached hydrogens (primary N) is 1. The molecule has 4 nitrogen and oxygen atoms in total. The van der Waals surface area contributed by atoms with Crippen molar-refractivity contribution in [3.63, 3.8) is 0 Å². The minimum absolute atomic E-state index is 0.370. The maximum absolute atomic E-state index is 5.81. The van der Waals surface area contributed by atoms with Crippen LogP contribution in [-0.2, 0) is 0 Å². The van der Waals surface area contributed by atoms with Crippen molar-refractivity contribution in [1.82, 2.24) is 14.5 Å². The molecule has 0 fully saturated rings. The van der Waals surface area contributed by atoms with Crippen LogP contribution in [0.25, 0.3) is 11.0 Å². The van der Waals surface area contributed by atoms with Gasteiger partial charge in [0.1, 0.15) is 12.0 Å². The number of nitrogen functional groups attached to an aromatic ring is 1. The van der Waals surface area contributed by atoms with E-state index in [0.29, 0.717) is 6.04 Å². The average Bonchev–Trinajstić information content (AvgIpc) is 2.45. The molecular formula is C9H12N4. The molecule has 0 atom stereocenters. The summed E-state index contributed by atoms with van der Waals surface area (Å²) in [5, 5.41) is 0.927.